The minimum absolute atomic E-state index is 0.137. The Bertz CT molecular complexity index is 122. The van der Waals surface area contributed by atoms with E-state index in [2.05, 4.69) is 4.74 Å². The molecule has 0 unspecified atom stereocenters. The van der Waals surface area contributed by atoms with E-state index in [1.54, 1.807) is 0 Å². The van der Waals surface area contributed by atoms with E-state index in [9.17, 15) is 18.0 Å². The molecule has 0 spiro atoms. The molecule has 60 valence electrons. The zero-order chi connectivity index (χ0) is 8.20. The number of carbonyl (C=O) groups excluding carboxylic acids is 1. The van der Waals surface area contributed by atoms with Crippen molar-refractivity contribution in [3.63, 3.8) is 0 Å². The molecule has 0 bridgehead atoms. The molecule has 0 atom stereocenters. The highest BCUT2D eigenvalue weighted by molar-refractivity contribution is 6.18. The molecule has 0 N–H and O–H groups in total. The predicted octanol–water partition coefficient (Wildman–Crippen LogP) is 1.33. The zero-order valence-corrected chi connectivity index (χ0v) is 5.50. The average molecular weight is 177 g/mol. The summed E-state index contributed by atoms with van der Waals surface area (Å²) in [5.41, 5.74) is 0. The third kappa shape index (κ3) is 3.55. The van der Waals surface area contributed by atoms with Gasteiger partial charge < -0.3 is 4.74 Å². The van der Waals surface area contributed by atoms with Gasteiger partial charge in [0.05, 0.1) is 5.88 Å². The minimum Gasteiger partial charge on any atom is -0.458 e. The summed E-state index contributed by atoms with van der Waals surface area (Å²) in [6.07, 6.45) is -4.91. The number of halogens is 4. The van der Waals surface area contributed by atoms with Gasteiger partial charge in [0.25, 0.3) is 0 Å². The Morgan fingerprint density at radius 1 is 1.50 bits per heavy atom. The summed E-state index contributed by atoms with van der Waals surface area (Å²) in [4.78, 5) is 9.82. The van der Waals surface area contributed by atoms with Crippen LogP contribution in [-0.2, 0) is 9.53 Å². The van der Waals surface area contributed by atoms with E-state index in [0.717, 1.165) is 0 Å². The van der Waals surface area contributed by atoms with Gasteiger partial charge in [-0.1, -0.05) is 0 Å². The lowest BCUT2D eigenvalue weighted by atomic mass is 10.6. The van der Waals surface area contributed by atoms with Crippen molar-refractivity contribution in [3.05, 3.63) is 0 Å². The van der Waals surface area contributed by atoms with Gasteiger partial charge in [0.15, 0.2) is 0 Å². The minimum atomic E-state index is -4.91. The molecular formula is C4H4ClF3O2. The van der Waals surface area contributed by atoms with Crippen LogP contribution in [0.1, 0.15) is 0 Å². The molecular weight excluding hydrogens is 172 g/mol. The molecule has 6 heteroatoms. The second-order valence-corrected chi connectivity index (χ2v) is 1.70. The summed E-state index contributed by atoms with van der Waals surface area (Å²) in [6.45, 7) is -0.417. The van der Waals surface area contributed by atoms with Crippen molar-refractivity contribution in [3.8, 4) is 0 Å². The summed E-state index contributed by atoms with van der Waals surface area (Å²) < 4.78 is 37.4. The first kappa shape index (κ1) is 9.55. The van der Waals surface area contributed by atoms with Crippen LogP contribution in [-0.4, -0.2) is 24.6 Å². The lowest BCUT2D eigenvalue weighted by Crippen LogP contribution is -2.25. The molecule has 0 aliphatic rings. The standard InChI is InChI=1S/C4H4ClF3O2/c5-1-2-10-3(9)4(6,7)8/h1-2H2. The van der Waals surface area contributed by atoms with Gasteiger partial charge in [0.2, 0.25) is 0 Å². The quantitative estimate of drug-likeness (QED) is 0.469. The molecule has 0 saturated heterocycles. The van der Waals surface area contributed by atoms with Crippen molar-refractivity contribution < 1.29 is 22.7 Å². The van der Waals surface area contributed by atoms with Crippen LogP contribution >= 0.6 is 11.6 Å². The summed E-state index contributed by atoms with van der Waals surface area (Å²) in [5.74, 6) is -2.34. The van der Waals surface area contributed by atoms with E-state index < -0.39 is 18.8 Å². The summed E-state index contributed by atoms with van der Waals surface area (Å²) in [6, 6.07) is 0. The van der Waals surface area contributed by atoms with Crippen LogP contribution in [0, 0.1) is 0 Å². The van der Waals surface area contributed by atoms with Crippen molar-refractivity contribution in [1.29, 1.82) is 0 Å². The first-order valence-corrected chi connectivity index (χ1v) is 2.82. The van der Waals surface area contributed by atoms with Crippen molar-refractivity contribution in [2.45, 2.75) is 6.18 Å². The molecule has 0 aliphatic heterocycles. The van der Waals surface area contributed by atoms with E-state index in [1.165, 1.54) is 0 Å². The first-order valence-electron chi connectivity index (χ1n) is 2.28. The summed E-state index contributed by atoms with van der Waals surface area (Å²) in [7, 11) is 0. The number of hydrogen-bond donors (Lipinski definition) is 0. The number of alkyl halides is 4. The van der Waals surface area contributed by atoms with Gasteiger partial charge >= 0.3 is 12.1 Å². The van der Waals surface area contributed by atoms with Crippen LogP contribution in [0.15, 0.2) is 0 Å². The van der Waals surface area contributed by atoms with Gasteiger partial charge in [0.1, 0.15) is 6.61 Å². The smallest absolute Gasteiger partial charge is 0.458 e. The van der Waals surface area contributed by atoms with Gasteiger partial charge in [-0.05, 0) is 0 Å². The third-order valence-electron chi connectivity index (χ3n) is 0.542. The van der Waals surface area contributed by atoms with Crippen molar-refractivity contribution >= 4 is 17.6 Å². The number of carbonyl (C=O) groups is 1. The monoisotopic (exact) mass is 176 g/mol. The molecule has 0 aromatic rings. The van der Waals surface area contributed by atoms with Gasteiger partial charge in [-0.2, -0.15) is 13.2 Å². The highest BCUT2D eigenvalue weighted by atomic mass is 35.5. The van der Waals surface area contributed by atoms with Crippen LogP contribution in [0.2, 0.25) is 0 Å². The average Bonchev–Trinajstić information content (AvgIpc) is 1.80. The molecule has 0 amide bonds. The Morgan fingerprint density at radius 2 is 2.00 bits per heavy atom. The Morgan fingerprint density at radius 3 is 2.30 bits per heavy atom. The third-order valence-corrected chi connectivity index (χ3v) is 0.696. The van der Waals surface area contributed by atoms with Gasteiger partial charge in [0, 0.05) is 0 Å². The summed E-state index contributed by atoms with van der Waals surface area (Å²) >= 11 is 4.95. The van der Waals surface area contributed by atoms with E-state index in [4.69, 9.17) is 11.6 Å². The molecule has 0 saturated carbocycles. The second kappa shape index (κ2) is 3.65. The first-order chi connectivity index (χ1) is 4.48. The molecule has 2 nitrogen and oxygen atoms in total. The molecule has 0 aromatic heterocycles. The molecule has 0 radical (unpaired) electrons. The fraction of sp³-hybridized carbons (Fsp3) is 0.750. The maximum atomic E-state index is 11.3. The van der Waals surface area contributed by atoms with Crippen LogP contribution in [0.4, 0.5) is 13.2 Å². The topological polar surface area (TPSA) is 26.3 Å². The lowest BCUT2D eigenvalue weighted by molar-refractivity contribution is -0.199. The van der Waals surface area contributed by atoms with E-state index in [-0.39, 0.29) is 5.88 Å². The second-order valence-electron chi connectivity index (χ2n) is 1.32. The number of ether oxygens (including phenoxy) is 1. The normalized spacial score (nSPS) is 11.2. The molecule has 10 heavy (non-hydrogen) atoms. The Balaban J connectivity index is 3.64. The molecule has 0 rings (SSSR count). The highest BCUT2D eigenvalue weighted by Crippen LogP contribution is 2.16. The number of hydrogen-bond acceptors (Lipinski definition) is 2. The number of esters is 1. The predicted molar refractivity (Wildman–Crippen MR) is 27.7 cm³/mol. The van der Waals surface area contributed by atoms with E-state index in [0.29, 0.717) is 0 Å². The zero-order valence-electron chi connectivity index (χ0n) is 4.74. The molecule has 0 aliphatic carbocycles. The SMILES string of the molecule is O=C(OCCCl)C(F)(F)F. The molecule has 0 aromatic carbocycles. The van der Waals surface area contributed by atoms with Crippen LogP contribution in [0.5, 0.6) is 0 Å². The van der Waals surface area contributed by atoms with Crippen LogP contribution < -0.4 is 0 Å². The Hall–Kier alpha value is -0.450. The van der Waals surface area contributed by atoms with Crippen molar-refractivity contribution in [2.75, 3.05) is 12.5 Å². The number of rotatable bonds is 2. The van der Waals surface area contributed by atoms with Gasteiger partial charge in [-0.3, -0.25) is 0 Å². The fourth-order valence-electron chi connectivity index (χ4n) is 0.213. The molecule has 0 heterocycles. The van der Waals surface area contributed by atoms with Gasteiger partial charge in [-0.15, -0.1) is 11.6 Å². The molecule has 0 fully saturated rings. The van der Waals surface area contributed by atoms with Crippen LogP contribution in [0.3, 0.4) is 0 Å². The van der Waals surface area contributed by atoms with Crippen LogP contribution in [0.25, 0.3) is 0 Å². The highest BCUT2D eigenvalue weighted by Gasteiger charge is 2.40. The van der Waals surface area contributed by atoms with Crippen molar-refractivity contribution in [2.24, 2.45) is 0 Å². The Kier molecular flexibility index (Phi) is 3.49. The van der Waals surface area contributed by atoms with E-state index in [1.807, 2.05) is 0 Å². The fourth-order valence-corrected chi connectivity index (χ4v) is 0.290. The van der Waals surface area contributed by atoms with E-state index >= 15 is 0 Å². The largest absolute Gasteiger partial charge is 0.490 e. The Labute approximate surface area is 59.9 Å². The maximum absolute atomic E-state index is 11.3. The lowest BCUT2D eigenvalue weighted by Gasteiger charge is -2.04. The summed E-state index contributed by atoms with van der Waals surface area (Å²) in [5, 5.41) is 0. The maximum Gasteiger partial charge on any atom is 0.490 e. The van der Waals surface area contributed by atoms with Gasteiger partial charge in [-0.25, -0.2) is 4.79 Å². The van der Waals surface area contributed by atoms with Crippen molar-refractivity contribution in [1.82, 2.24) is 0 Å².